The van der Waals surface area contributed by atoms with E-state index < -0.39 is 18.2 Å². The highest BCUT2D eigenvalue weighted by Gasteiger charge is 2.32. The molecule has 5 heteroatoms. The van der Waals surface area contributed by atoms with E-state index in [4.69, 9.17) is 9.47 Å². The monoisotopic (exact) mass is 339 g/mol. The molecule has 0 unspecified atom stereocenters. The molecule has 0 aliphatic heterocycles. The minimum Gasteiger partial charge on any atom is -0.479 e. The van der Waals surface area contributed by atoms with Gasteiger partial charge in [-0.15, -0.1) is 0 Å². The van der Waals surface area contributed by atoms with Crippen LogP contribution in [0.25, 0.3) is 0 Å². The van der Waals surface area contributed by atoms with Crippen molar-refractivity contribution in [3.8, 4) is 5.75 Å². The molecule has 3 rings (SSSR count). The van der Waals surface area contributed by atoms with Crippen LogP contribution in [0, 0.1) is 0 Å². The molecule has 2 atom stereocenters. The van der Waals surface area contributed by atoms with E-state index in [1.807, 2.05) is 36.4 Å². The molecule has 0 radical (unpaired) electrons. The van der Waals surface area contributed by atoms with E-state index in [-0.39, 0.29) is 11.9 Å². The van der Waals surface area contributed by atoms with E-state index in [2.05, 4.69) is 5.32 Å². The fraction of sp³-hybridized carbons (Fsp3) is 0.300. The molecule has 0 saturated heterocycles. The largest absolute Gasteiger partial charge is 0.479 e. The van der Waals surface area contributed by atoms with Crippen molar-refractivity contribution in [3.63, 3.8) is 0 Å². The van der Waals surface area contributed by atoms with E-state index in [0.717, 1.165) is 12.8 Å². The number of carbonyl (C=O) groups is 2. The van der Waals surface area contributed by atoms with E-state index >= 15 is 0 Å². The van der Waals surface area contributed by atoms with Crippen LogP contribution in [0.2, 0.25) is 0 Å². The number of carbonyl (C=O) groups excluding carboxylic acids is 2. The first-order valence-corrected chi connectivity index (χ1v) is 8.41. The lowest BCUT2D eigenvalue weighted by Gasteiger charge is -2.20. The summed E-state index contributed by atoms with van der Waals surface area (Å²) in [7, 11) is 0. The first-order valence-electron chi connectivity index (χ1n) is 8.41. The lowest BCUT2D eigenvalue weighted by molar-refractivity contribution is -0.162. The summed E-state index contributed by atoms with van der Waals surface area (Å²) in [5.41, 5.74) is 0.640. The Morgan fingerprint density at radius 1 is 1.00 bits per heavy atom. The fourth-order valence-corrected chi connectivity index (χ4v) is 2.37. The van der Waals surface area contributed by atoms with Crippen molar-refractivity contribution in [1.29, 1.82) is 0 Å². The highest BCUT2D eigenvalue weighted by atomic mass is 16.6. The van der Waals surface area contributed by atoms with E-state index in [1.165, 1.54) is 0 Å². The Hall–Kier alpha value is -2.82. The second-order valence-corrected chi connectivity index (χ2v) is 6.08. The highest BCUT2D eigenvalue weighted by molar-refractivity contribution is 5.86. The van der Waals surface area contributed by atoms with Gasteiger partial charge in [0.2, 0.25) is 6.10 Å². The number of hydrogen-bond donors (Lipinski definition) is 1. The average Bonchev–Trinajstić information content (AvgIpc) is 3.45. The molecule has 1 fully saturated rings. The van der Waals surface area contributed by atoms with Gasteiger partial charge in [0.05, 0.1) is 0 Å². The molecule has 1 aliphatic carbocycles. The van der Waals surface area contributed by atoms with Crippen LogP contribution in [-0.2, 0) is 14.3 Å². The average molecular weight is 339 g/mol. The van der Waals surface area contributed by atoms with Crippen molar-refractivity contribution in [2.75, 3.05) is 0 Å². The Morgan fingerprint density at radius 3 is 2.20 bits per heavy atom. The topological polar surface area (TPSA) is 64.6 Å². The fourth-order valence-electron chi connectivity index (χ4n) is 2.37. The number of para-hydroxylation sites is 1. The van der Waals surface area contributed by atoms with Crippen LogP contribution in [0.5, 0.6) is 5.75 Å². The van der Waals surface area contributed by atoms with Gasteiger partial charge in [0.15, 0.2) is 6.10 Å². The zero-order valence-electron chi connectivity index (χ0n) is 14.1. The number of rotatable bonds is 7. The zero-order chi connectivity index (χ0) is 17.6. The quantitative estimate of drug-likeness (QED) is 0.788. The van der Waals surface area contributed by atoms with Crippen molar-refractivity contribution in [3.05, 3.63) is 66.2 Å². The molecule has 1 saturated carbocycles. The highest BCUT2D eigenvalue weighted by Crippen LogP contribution is 2.24. The van der Waals surface area contributed by atoms with Crippen LogP contribution in [0.15, 0.2) is 60.7 Å². The number of benzene rings is 2. The van der Waals surface area contributed by atoms with Crippen molar-refractivity contribution >= 4 is 11.9 Å². The maximum Gasteiger partial charge on any atom is 0.348 e. The minimum atomic E-state index is -0.976. The molecule has 0 aromatic heterocycles. The third-order valence-electron chi connectivity index (χ3n) is 3.89. The first-order chi connectivity index (χ1) is 12.1. The number of amides is 1. The molecule has 1 amide bonds. The van der Waals surface area contributed by atoms with Gasteiger partial charge in [-0.2, -0.15) is 0 Å². The van der Waals surface area contributed by atoms with Gasteiger partial charge in [0.1, 0.15) is 5.75 Å². The van der Waals surface area contributed by atoms with Gasteiger partial charge in [-0.05, 0) is 31.9 Å². The van der Waals surface area contributed by atoms with Crippen LogP contribution in [0.4, 0.5) is 0 Å². The normalized spacial score (nSPS) is 15.7. The van der Waals surface area contributed by atoms with Crippen molar-refractivity contribution < 1.29 is 19.1 Å². The minimum absolute atomic E-state index is 0.190. The maximum atomic E-state index is 12.5. The molecule has 130 valence electrons. The van der Waals surface area contributed by atoms with E-state index in [1.54, 1.807) is 31.2 Å². The summed E-state index contributed by atoms with van der Waals surface area (Å²) in [6, 6.07) is 18.2. The van der Waals surface area contributed by atoms with Gasteiger partial charge >= 0.3 is 5.97 Å². The third-order valence-corrected chi connectivity index (χ3v) is 3.89. The second kappa shape index (κ2) is 7.83. The van der Waals surface area contributed by atoms with Gasteiger partial charge in [0, 0.05) is 11.6 Å². The van der Waals surface area contributed by atoms with Crippen LogP contribution in [0.1, 0.15) is 31.4 Å². The molecule has 1 N–H and O–H groups in total. The number of hydrogen-bond acceptors (Lipinski definition) is 4. The Bertz CT molecular complexity index is 713. The molecular formula is C20H21NO4. The lowest BCUT2D eigenvalue weighted by atomic mass is 10.1. The SMILES string of the molecule is C[C@@H](Oc1ccccc1)C(=O)O[C@H](C(=O)NC1CC1)c1ccccc1. The van der Waals surface area contributed by atoms with Gasteiger partial charge in [-0.25, -0.2) is 4.79 Å². The Labute approximate surface area is 147 Å². The lowest BCUT2D eigenvalue weighted by Crippen LogP contribution is -2.36. The van der Waals surface area contributed by atoms with Crippen molar-refractivity contribution in [1.82, 2.24) is 5.32 Å². The van der Waals surface area contributed by atoms with E-state index in [0.29, 0.717) is 11.3 Å². The molecular weight excluding hydrogens is 318 g/mol. The zero-order valence-corrected chi connectivity index (χ0v) is 14.1. The molecule has 0 spiro atoms. The molecule has 0 heterocycles. The van der Waals surface area contributed by atoms with Crippen LogP contribution < -0.4 is 10.1 Å². The first kappa shape index (κ1) is 17.0. The summed E-state index contributed by atoms with van der Waals surface area (Å²) >= 11 is 0. The van der Waals surface area contributed by atoms with E-state index in [9.17, 15) is 9.59 Å². The summed E-state index contributed by atoms with van der Waals surface area (Å²) in [6.07, 6.45) is 0.141. The van der Waals surface area contributed by atoms with Gasteiger partial charge in [0.25, 0.3) is 5.91 Å². The predicted molar refractivity (Wildman–Crippen MR) is 93.0 cm³/mol. The maximum absolute atomic E-state index is 12.5. The summed E-state index contributed by atoms with van der Waals surface area (Å²) in [6.45, 7) is 1.61. The van der Waals surface area contributed by atoms with Gasteiger partial charge < -0.3 is 14.8 Å². The smallest absolute Gasteiger partial charge is 0.348 e. The third kappa shape index (κ3) is 4.83. The summed E-state index contributed by atoms with van der Waals surface area (Å²) in [5.74, 6) is -0.303. The molecule has 2 aromatic carbocycles. The Balaban J connectivity index is 1.68. The van der Waals surface area contributed by atoms with Gasteiger partial charge in [-0.3, -0.25) is 4.79 Å². The summed E-state index contributed by atoms with van der Waals surface area (Å²) < 4.78 is 11.1. The van der Waals surface area contributed by atoms with Crippen LogP contribution in [0.3, 0.4) is 0 Å². The summed E-state index contributed by atoms with van der Waals surface area (Å²) in [4.78, 5) is 24.9. The van der Waals surface area contributed by atoms with Crippen LogP contribution in [-0.4, -0.2) is 24.0 Å². The Kier molecular flexibility index (Phi) is 5.33. The standard InChI is InChI=1S/C20H21NO4/c1-14(24-17-10-6-3-7-11-17)20(23)25-18(15-8-4-2-5-9-15)19(22)21-16-12-13-16/h2-11,14,16,18H,12-13H2,1H3,(H,21,22)/t14-,18+/m1/s1. The van der Waals surface area contributed by atoms with Crippen LogP contribution >= 0.6 is 0 Å². The van der Waals surface area contributed by atoms with Crippen molar-refractivity contribution in [2.24, 2.45) is 0 Å². The van der Waals surface area contributed by atoms with Gasteiger partial charge in [-0.1, -0.05) is 48.5 Å². The molecule has 2 aromatic rings. The number of esters is 1. The molecule has 0 bridgehead atoms. The number of ether oxygens (including phenoxy) is 2. The molecule has 5 nitrogen and oxygen atoms in total. The second-order valence-electron chi connectivity index (χ2n) is 6.08. The molecule has 1 aliphatic rings. The van der Waals surface area contributed by atoms with Crippen molar-refractivity contribution in [2.45, 2.75) is 38.0 Å². The number of nitrogens with one attached hydrogen (secondary N) is 1. The predicted octanol–water partition coefficient (Wildman–Crippen LogP) is 3.02. The molecule has 25 heavy (non-hydrogen) atoms. The Morgan fingerprint density at radius 2 is 1.60 bits per heavy atom. The summed E-state index contributed by atoms with van der Waals surface area (Å²) in [5, 5.41) is 2.89.